The van der Waals surface area contributed by atoms with Crippen molar-refractivity contribution >= 4 is 5.96 Å². The monoisotopic (exact) mass is 311 g/mol. The Morgan fingerprint density at radius 2 is 1.74 bits per heavy atom. The molecule has 0 fully saturated rings. The highest BCUT2D eigenvalue weighted by atomic mass is 16.5. The van der Waals surface area contributed by atoms with Crippen LogP contribution in [0.15, 0.2) is 59.6 Å². The molecule has 0 radical (unpaired) electrons. The second-order valence-electron chi connectivity index (χ2n) is 5.51. The number of ether oxygens (including phenoxy) is 1. The van der Waals surface area contributed by atoms with E-state index in [1.807, 2.05) is 55.4 Å². The molecule has 0 heterocycles. The first kappa shape index (κ1) is 16.9. The van der Waals surface area contributed by atoms with Gasteiger partial charge in [-0.25, -0.2) is 4.99 Å². The lowest BCUT2D eigenvalue weighted by Crippen LogP contribution is -2.37. The molecule has 122 valence electrons. The Morgan fingerprint density at radius 1 is 1.04 bits per heavy atom. The van der Waals surface area contributed by atoms with Gasteiger partial charge in [0.05, 0.1) is 13.7 Å². The van der Waals surface area contributed by atoms with Crippen LogP contribution >= 0.6 is 0 Å². The zero-order valence-corrected chi connectivity index (χ0v) is 14.1. The van der Waals surface area contributed by atoms with Gasteiger partial charge in [0.15, 0.2) is 5.96 Å². The summed E-state index contributed by atoms with van der Waals surface area (Å²) < 4.78 is 5.39. The number of benzene rings is 2. The molecule has 0 amide bonds. The van der Waals surface area contributed by atoms with Crippen LogP contribution in [0, 0.1) is 0 Å². The minimum Gasteiger partial charge on any atom is -0.496 e. The fourth-order valence-corrected chi connectivity index (χ4v) is 2.32. The minimum absolute atomic E-state index is 0.677. The van der Waals surface area contributed by atoms with E-state index >= 15 is 0 Å². The van der Waals surface area contributed by atoms with E-state index in [4.69, 9.17) is 4.74 Å². The zero-order chi connectivity index (χ0) is 16.5. The number of nitrogens with zero attached hydrogens (tertiary/aromatic N) is 2. The van der Waals surface area contributed by atoms with Gasteiger partial charge in [0.25, 0.3) is 0 Å². The Hall–Kier alpha value is -2.49. The molecule has 2 aromatic rings. The summed E-state index contributed by atoms with van der Waals surface area (Å²) in [5.74, 6) is 1.82. The second kappa shape index (κ2) is 8.83. The number of methoxy groups -OCH3 is 1. The molecule has 2 aromatic carbocycles. The van der Waals surface area contributed by atoms with E-state index in [1.165, 1.54) is 11.1 Å². The largest absolute Gasteiger partial charge is 0.496 e. The summed E-state index contributed by atoms with van der Waals surface area (Å²) in [6.07, 6.45) is 0.891. The number of para-hydroxylation sites is 1. The van der Waals surface area contributed by atoms with E-state index in [0.717, 1.165) is 24.7 Å². The molecular formula is C19H25N3O. The van der Waals surface area contributed by atoms with Crippen LogP contribution in [0.3, 0.4) is 0 Å². The van der Waals surface area contributed by atoms with Crippen molar-refractivity contribution in [3.8, 4) is 5.75 Å². The van der Waals surface area contributed by atoms with E-state index in [1.54, 1.807) is 7.11 Å². The van der Waals surface area contributed by atoms with Crippen molar-refractivity contribution < 1.29 is 4.74 Å². The van der Waals surface area contributed by atoms with Gasteiger partial charge < -0.3 is 15.0 Å². The van der Waals surface area contributed by atoms with Gasteiger partial charge in [-0.3, -0.25) is 0 Å². The Bertz CT molecular complexity index is 624. The SMILES string of the molecule is COc1ccccc1CCNC(=NCc1ccccc1)N(C)C. The van der Waals surface area contributed by atoms with Crippen molar-refractivity contribution in [2.24, 2.45) is 4.99 Å². The molecule has 0 aliphatic carbocycles. The van der Waals surface area contributed by atoms with Crippen LogP contribution in [-0.4, -0.2) is 38.6 Å². The van der Waals surface area contributed by atoms with Crippen LogP contribution in [0.4, 0.5) is 0 Å². The summed E-state index contributed by atoms with van der Waals surface area (Å²) in [7, 11) is 5.71. The third-order valence-electron chi connectivity index (χ3n) is 3.55. The Balaban J connectivity index is 1.92. The number of aliphatic imine (C=N–C) groups is 1. The molecule has 0 saturated carbocycles. The lowest BCUT2D eigenvalue weighted by Gasteiger charge is -2.18. The number of hydrogen-bond donors (Lipinski definition) is 1. The molecule has 0 unspecified atom stereocenters. The molecule has 0 aromatic heterocycles. The van der Waals surface area contributed by atoms with Gasteiger partial charge in [-0.1, -0.05) is 48.5 Å². The third kappa shape index (κ3) is 5.33. The van der Waals surface area contributed by atoms with Crippen molar-refractivity contribution in [3.63, 3.8) is 0 Å². The summed E-state index contributed by atoms with van der Waals surface area (Å²) in [4.78, 5) is 6.67. The van der Waals surface area contributed by atoms with E-state index < -0.39 is 0 Å². The van der Waals surface area contributed by atoms with Gasteiger partial charge in [-0.15, -0.1) is 0 Å². The minimum atomic E-state index is 0.677. The van der Waals surface area contributed by atoms with Gasteiger partial charge in [0.1, 0.15) is 5.75 Å². The van der Waals surface area contributed by atoms with Crippen LogP contribution in [-0.2, 0) is 13.0 Å². The lowest BCUT2D eigenvalue weighted by molar-refractivity contribution is 0.409. The molecule has 0 bridgehead atoms. The molecule has 0 aliphatic rings. The standard InChI is InChI=1S/C19H25N3O/c1-22(2)19(21-15-16-9-5-4-6-10-16)20-14-13-17-11-7-8-12-18(17)23-3/h4-12H,13-15H2,1-3H3,(H,20,21). The summed E-state index contributed by atoms with van der Waals surface area (Å²) in [6.45, 7) is 1.49. The summed E-state index contributed by atoms with van der Waals surface area (Å²) in [6, 6.07) is 18.4. The predicted octanol–water partition coefficient (Wildman–Crippen LogP) is 2.95. The Morgan fingerprint density at radius 3 is 2.43 bits per heavy atom. The maximum Gasteiger partial charge on any atom is 0.193 e. The normalized spacial score (nSPS) is 11.2. The highest BCUT2D eigenvalue weighted by Crippen LogP contribution is 2.17. The van der Waals surface area contributed by atoms with Crippen LogP contribution in [0.5, 0.6) is 5.75 Å². The smallest absolute Gasteiger partial charge is 0.193 e. The molecular weight excluding hydrogens is 286 g/mol. The topological polar surface area (TPSA) is 36.9 Å². The van der Waals surface area contributed by atoms with Crippen LogP contribution < -0.4 is 10.1 Å². The summed E-state index contributed by atoms with van der Waals surface area (Å²) in [5, 5.41) is 3.41. The highest BCUT2D eigenvalue weighted by Gasteiger charge is 2.04. The number of hydrogen-bond acceptors (Lipinski definition) is 2. The average Bonchev–Trinajstić information content (AvgIpc) is 2.58. The molecule has 2 rings (SSSR count). The van der Waals surface area contributed by atoms with Crippen LogP contribution in [0.25, 0.3) is 0 Å². The fraction of sp³-hybridized carbons (Fsp3) is 0.316. The molecule has 4 heteroatoms. The van der Waals surface area contributed by atoms with E-state index in [2.05, 4.69) is 28.5 Å². The molecule has 4 nitrogen and oxygen atoms in total. The summed E-state index contributed by atoms with van der Waals surface area (Å²) in [5.41, 5.74) is 2.40. The first-order valence-corrected chi connectivity index (χ1v) is 7.82. The Kier molecular flexibility index (Phi) is 6.48. The first-order valence-electron chi connectivity index (χ1n) is 7.82. The number of nitrogens with one attached hydrogen (secondary N) is 1. The van der Waals surface area contributed by atoms with Gasteiger partial charge in [-0.05, 0) is 23.6 Å². The van der Waals surface area contributed by atoms with E-state index in [-0.39, 0.29) is 0 Å². The van der Waals surface area contributed by atoms with Gasteiger partial charge in [-0.2, -0.15) is 0 Å². The molecule has 0 spiro atoms. The summed E-state index contributed by atoms with van der Waals surface area (Å²) >= 11 is 0. The lowest BCUT2D eigenvalue weighted by atomic mass is 10.1. The van der Waals surface area contributed by atoms with Crippen molar-refractivity contribution in [2.75, 3.05) is 27.7 Å². The maximum atomic E-state index is 5.39. The van der Waals surface area contributed by atoms with Gasteiger partial charge in [0.2, 0.25) is 0 Å². The third-order valence-corrected chi connectivity index (χ3v) is 3.55. The van der Waals surface area contributed by atoms with Crippen LogP contribution in [0.1, 0.15) is 11.1 Å². The van der Waals surface area contributed by atoms with E-state index in [9.17, 15) is 0 Å². The molecule has 0 saturated heterocycles. The fourth-order valence-electron chi connectivity index (χ4n) is 2.32. The van der Waals surface area contributed by atoms with Crippen LogP contribution in [0.2, 0.25) is 0 Å². The van der Waals surface area contributed by atoms with Crippen molar-refractivity contribution in [1.82, 2.24) is 10.2 Å². The van der Waals surface area contributed by atoms with Crippen molar-refractivity contribution in [3.05, 3.63) is 65.7 Å². The zero-order valence-electron chi connectivity index (χ0n) is 14.1. The second-order valence-corrected chi connectivity index (χ2v) is 5.51. The van der Waals surface area contributed by atoms with Gasteiger partial charge in [0, 0.05) is 20.6 Å². The number of rotatable bonds is 6. The average molecular weight is 311 g/mol. The maximum absolute atomic E-state index is 5.39. The van der Waals surface area contributed by atoms with Crippen molar-refractivity contribution in [2.45, 2.75) is 13.0 Å². The predicted molar refractivity (Wildman–Crippen MR) is 96.0 cm³/mol. The van der Waals surface area contributed by atoms with Gasteiger partial charge >= 0.3 is 0 Å². The quantitative estimate of drug-likeness (QED) is 0.658. The first-order chi connectivity index (χ1) is 11.2. The molecule has 23 heavy (non-hydrogen) atoms. The molecule has 0 aliphatic heterocycles. The molecule has 0 atom stereocenters. The van der Waals surface area contributed by atoms with E-state index in [0.29, 0.717) is 6.54 Å². The highest BCUT2D eigenvalue weighted by molar-refractivity contribution is 5.79. The Labute approximate surface area is 138 Å². The molecule has 1 N–H and O–H groups in total. The number of guanidine groups is 1. The van der Waals surface area contributed by atoms with Crippen molar-refractivity contribution in [1.29, 1.82) is 0 Å².